The minimum Gasteiger partial charge on any atom is -0.445 e. The Kier molecular flexibility index (Phi) is 4.56. The van der Waals surface area contributed by atoms with E-state index in [1.54, 1.807) is 0 Å². The number of carbonyl (C=O) groups is 1. The standard InChI is InChI=1S/C17H21BrN2O2S/c18-12-1-2-16-13(9-12)14(5-8-23-16)19-17(21)22-15-10-20-6-3-11(15)4-7-20/h1-2,9,11,14-15H,3-8,10H2,(H,19,21). The molecule has 1 amide bonds. The van der Waals surface area contributed by atoms with Crippen LogP contribution in [0.15, 0.2) is 27.6 Å². The maximum atomic E-state index is 12.4. The van der Waals surface area contributed by atoms with Crippen molar-refractivity contribution in [2.24, 2.45) is 5.92 Å². The number of fused-ring (bicyclic) bond motifs is 4. The van der Waals surface area contributed by atoms with Crippen molar-refractivity contribution in [2.75, 3.05) is 25.4 Å². The summed E-state index contributed by atoms with van der Waals surface area (Å²) in [6.07, 6.45) is 3.08. The molecule has 3 fully saturated rings. The Bertz CT molecular complexity index is 604. The van der Waals surface area contributed by atoms with Gasteiger partial charge in [0.2, 0.25) is 0 Å². The first-order valence-corrected chi connectivity index (χ1v) is 10.1. The van der Waals surface area contributed by atoms with Crippen LogP contribution in [0.1, 0.15) is 30.9 Å². The van der Waals surface area contributed by atoms with Gasteiger partial charge in [-0.1, -0.05) is 15.9 Å². The van der Waals surface area contributed by atoms with Crippen molar-refractivity contribution < 1.29 is 9.53 Å². The molecule has 1 N–H and O–H groups in total. The second kappa shape index (κ2) is 6.65. The number of amides is 1. The second-order valence-electron chi connectivity index (χ2n) is 6.60. The van der Waals surface area contributed by atoms with Gasteiger partial charge in [0, 0.05) is 21.7 Å². The Balaban J connectivity index is 1.41. The Hall–Kier alpha value is -0.720. The van der Waals surface area contributed by atoms with E-state index in [-0.39, 0.29) is 18.2 Å². The minimum atomic E-state index is -0.258. The molecule has 2 unspecified atom stereocenters. The topological polar surface area (TPSA) is 41.6 Å². The molecule has 1 aromatic carbocycles. The number of thioether (sulfide) groups is 1. The summed E-state index contributed by atoms with van der Waals surface area (Å²) >= 11 is 5.38. The maximum Gasteiger partial charge on any atom is 0.407 e. The van der Waals surface area contributed by atoms with Crippen molar-refractivity contribution >= 4 is 33.8 Å². The first-order valence-electron chi connectivity index (χ1n) is 8.31. The van der Waals surface area contributed by atoms with Crippen LogP contribution >= 0.6 is 27.7 Å². The molecule has 0 radical (unpaired) electrons. The van der Waals surface area contributed by atoms with Gasteiger partial charge in [-0.05, 0) is 62.0 Å². The van der Waals surface area contributed by atoms with Crippen molar-refractivity contribution in [3.8, 4) is 0 Å². The maximum absolute atomic E-state index is 12.4. The molecule has 3 saturated heterocycles. The van der Waals surface area contributed by atoms with E-state index in [1.807, 2.05) is 11.8 Å². The number of nitrogens with zero attached hydrogens (tertiary/aromatic N) is 1. The van der Waals surface area contributed by atoms with Crippen LogP contribution in [-0.2, 0) is 4.74 Å². The molecule has 4 heterocycles. The van der Waals surface area contributed by atoms with E-state index >= 15 is 0 Å². The Labute approximate surface area is 149 Å². The number of benzene rings is 1. The lowest BCUT2D eigenvalue weighted by Gasteiger charge is -2.44. The lowest BCUT2D eigenvalue weighted by atomic mass is 9.86. The number of nitrogens with one attached hydrogen (secondary N) is 1. The summed E-state index contributed by atoms with van der Waals surface area (Å²) in [5.74, 6) is 1.58. The highest BCUT2D eigenvalue weighted by Crippen LogP contribution is 2.38. The van der Waals surface area contributed by atoms with Crippen molar-refractivity contribution in [1.29, 1.82) is 0 Å². The fraction of sp³-hybridized carbons (Fsp3) is 0.588. The molecular formula is C17H21BrN2O2S. The zero-order chi connectivity index (χ0) is 15.8. The van der Waals surface area contributed by atoms with Gasteiger partial charge >= 0.3 is 6.09 Å². The van der Waals surface area contributed by atoms with Crippen molar-refractivity contribution in [3.05, 3.63) is 28.2 Å². The van der Waals surface area contributed by atoms with E-state index < -0.39 is 0 Å². The number of hydrogen-bond acceptors (Lipinski definition) is 4. The van der Waals surface area contributed by atoms with Gasteiger partial charge in [-0.3, -0.25) is 4.90 Å². The van der Waals surface area contributed by atoms with E-state index in [0.717, 1.165) is 49.1 Å². The van der Waals surface area contributed by atoms with E-state index in [9.17, 15) is 4.79 Å². The molecular weight excluding hydrogens is 376 g/mol. The number of hydrogen-bond donors (Lipinski definition) is 1. The van der Waals surface area contributed by atoms with Crippen LogP contribution in [0.25, 0.3) is 0 Å². The molecule has 0 saturated carbocycles. The number of alkyl carbamates (subject to hydrolysis) is 1. The smallest absolute Gasteiger partial charge is 0.407 e. The highest BCUT2D eigenvalue weighted by atomic mass is 79.9. The highest BCUT2D eigenvalue weighted by molar-refractivity contribution is 9.10. The molecule has 4 nitrogen and oxygen atoms in total. The summed E-state index contributed by atoms with van der Waals surface area (Å²) in [6, 6.07) is 6.34. The summed E-state index contributed by atoms with van der Waals surface area (Å²) in [7, 11) is 0. The first-order chi connectivity index (χ1) is 11.2. The number of piperidine rings is 3. The van der Waals surface area contributed by atoms with Gasteiger partial charge in [0.15, 0.2) is 0 Å². The van der Waals surface area contributed by atoms with Gasteiger partial charge in [0.05, 0.1) is 6.04 Å². The fourth-order valence-electron chi connectivity index (χ4n) is 3.87. The van der Waals surface area contributed by atoms with Crippen LogP contribution in [0.4, 0.5) is 4.79 Å². The number of rotatable bonds is 2. The number of ether oxygens (including phenoxy) is 1. The molecule has 4 aliphatic heterocycles. The average Bonchev–Trinajstić information content (AvgIpc) is 2.56. The quantitative estimate of drug-likeness (QED) is 0.824. The minimum absolute atomic E-state index is 0.0531. The molecule has 6 heteroatoms. The van der Waals surface area contributed by atoms with Gasteiger partial charge in [-0.25, -0.2) is 4.79 Å². The van der Waals surface area contributed by atoms with Crippen LogP contribution in [0.2, 0.25) is 0 Å². The Morgan fingerprint density at radius 2 is 2.13 bits per heavy atom. The van der Waals surface area contributed by atoms with E-state index in [4.69, 9.17) is 4.74 Å². The van der Waals surface area contributed by atoms with Gasteiger partial charge < -0.3 is 10.1 Å². The van der Waals surface area contributed by atoms with E-state index in [1.165, 1.54) is 10.5 Å². The Morgan fingerprint density at radius 1 is 1.30 bits per heavy atom. The average molecular weight is 397 g/mol. The molecule has 0 spiro atoms. The number of halogens is 1. The SMILES string of the molecule is O=C(NC1CCSc2ccc(Br)cc21)OC1CN2CCC1CC2. The van der Waals surface area contributed by atoms with Gasteiger partial charge in [0.1, 0.15) is 6.10 Å². The summed E-state index contributed by atoms with van der Waals surface area (Å²) in [6.45, 7) is 3.22. The molecule has 0 aromatic heterocycles. The fourth-order valence-corrected chi connectivity index (χ4v) is 5.36. The molecule has 2 bridgehead atoms. The van der Waals surface area contributed by atoms with Crippen LogP contribution in [0.3, 0.4) is 0 Å². The summed E-state index contributed by atoms with van der Waals surface area (Å²) in [4.78, 5) is 16.0. The zero-order valence-corrected chi connectivity index (χ0v) is 15.4. The first kappa shape index (κ1) is 15.8. The highest BCUT2D eigenvalue weighted by Gasteiger charge is 2.37. The largest absolute Gasteiger partial charge is 0.445 e. The van der Waals surface area contributed by atoms with Gasteiger partial charge in [0.25, 0.3) is 0 Å². The van der Waals surface area contributed by atoms with E-state index in [2.05, 4.69) is 44.3 Å². The molecule has 23 heavy (non-hydrogen) atoms. The van der Waals surface area contributed by atoms with Crippen molar-refractivity contribution in [1.82, 2.24) is 10.2 Å². The third kappa shape index (κ3) is 3.39. The lowest BCUT2D eigenvalue weighted by molar-refractivity contribution is -0.0339. The third-order valence-electron chi connectivity index (χ3n) is 5.16. The summed E-state index contributed by atoms with van der Waals surface area (Å²) < 4.78 is 6.82. The molecule has 124 valence electrons. The Morgan fingerprint density at radius 3 is 2.87 bits per heavy atom. The van der Waals surface area contributed by atoms with Crippen LogP contribution in [0.5, 0.6) is 0 Å². The third-order valence-corrected chi connectivity index (χ3v) is 6.77. The summed E-state index contributed by atoms with van der Waals surface area (Å²) in [5, 5.41) is 3.10. The van der Waals surface area contributed by atoms with Crippen LogP contribution in [0, 0.1) is 5.92 Å². The number of carbonyl (C=O) groups excluding carboxylic acids is 1. The monoisotopic (exact) mass is 396 g/mol. The van der Waals surface area contributed by atoms with Crippen molar-refractivity contribution in [3.63, 3.8) is 0 Å². The molecule has 1 aromatic rings. The molecule has 0 aliphatic carbocycles. The lowest BCUT2D eigenvalue weighted by Crippen LogP contribution is -2.52. The van der Waals surface area contributed by atoms with Crippen LogP contribution < -0.4 is 5.32 Å². The van der Waals surface area contributed by atoms with Crippen LogP contribution in [-0.4, -0.2) is 42.5 Å². The van der Waals surface area contributed by atoms with Crippen molar-refractivity contribution in [2.45, 2.75) is 36.3 Å². The predicted molar refractivity (Wildman–Crippen MR) is 94.8 cm³/mol. The van der Waals surface area contributed by atoms with Gasteiger partial charge in [-0.15, -0.1) is 11.8 Å². The second-order valence-corrected chi connectivity index (χ2v) is 8.65. The normalized spacial score (nSPS) is 32.2. The molecule has 4 aliphatic rings. The molecule has 2 atom stereocenters. The predicted octanol–water partition coefficient (Wildman–Crippen LogP) is 3.81. The zero-order valence-electron chi connectivity index (χ0n) is 13.0. The van der Waals surface area contributed by atoms with E-state index in [0.29, 0.717) is 5.92 Å². The summed E-state index contributed by atoms with van der Waals surface area (Å²) in [5.41, 5.74) is 1.20. The van der Waals surface area contributed by atoms with Gasteiger partial charge in [-0.2, -0.15) is 0 Å². The molecule has 5 rings (SSSR count).